The first-order valence-corrected chi connectivity index (χ1v) is 11.3. The van der Waals surface area contributed by atoms with Gasteiger partial charge in [0.05, 0.1) is 0 Å². The summed E-state index contributed by atoms with van der Waals surface area (Å²) in [6.45, 7) is 26.3. The number of hydrogen-bond acceptors (Lipinski definition) is 0. The van der Waals surface area contributed by atoms with Gasteiger partial charge in [-0.2, -0.15) is 35.9 Å². The Morgan fingerprint density at radius 2 is 1.35 bits per heavy atom. The van der Waals surface area contributed by atoms with Gasteiger partial charge in [-0.25, -0.2) is 11.6 Å². The maximum absolute atomic E-state index is 3.69. The van der Waals surface area contributed by atoms with E-state index in [1.54, 1.807) is 0 Å². The van der Waals surface area contributed by atoms with Crippen LogP contribution in [0, 0.1) is 26.8 Å². The number of fused-ring (bicyclic) bond motifs is 3. The number of rotatable bonds is 0. The second kappa shape index (κ2) is 13.9. The predicted octanol–water partition coefficient (Wildman–Crippen LogP) is 2.79. The number of hydrogen-bond donors (Lipinski definition) is 0. The van der Waals surface area contributed by atoms with E-state index in [-0.39, 0.29) is 61.5 Å². The Balaban J connectivity index is 0. The fraction of sp³-hybridized carbons (Fsp3) is 0.387. The summed E-state index contributed by atoms with van der Waals surface area (Å²) in [5.74, 6) is 0. The smallest absolute Gasteiger partial charge is 1.00 e. The number of halogens is 2. The maximum atomic E-state index is 3.69. The second-order valence-corrected chi connectivity index (χ2v) is 10.7. The molecule has 0 fully saturated rings. The van der Waals surface area contributed by atoms with Crippen molar-refractivity contribution in [2.75, 3.05) is 0 Å². The first-order valence-electron chi connectivity index (χ1n) is 11.3. The van der Waals surface area contributed by atoms with E-state index in [9.17, 15) is 0 Å². The number of aryl methyl sites for hydroxylation is 3. The van der Waals surface area contributed by atoms with Crippen molar-refractivity contribution in [3.8, 4) is 11.1 Å². The summed E-state index contributed by atoms with van der Waals surface area (Å²) >= 11 is 0. The van der Waals surface area contributed by atoms with Crippen molar-refractivity contribution >= 4 is 0 Å². The minimum atomic E-state index is 0. The van der Waals surface area contributed by atoms with E-state index in [1.165, 1.54) is 50.1 Å². The molecule has 0 radical (unpaired) electrons. The monoisotopic (exact) mass is 662 g/mol. The Morgan fingerprint density at radius 3 is 1.76 bits per heavy atom. The van der Waals surface area contributed by atoms with Gasteiger partial charge in [0, 0.05) is 0 Å². The van der Waals surface area contributed by atoms with Crippen LogP contribution in [0.5, 0.6) is 0 Å². The molecule has 0 nitrogen and oxygen atoms in total. The van der Waals surface area contributed by atoms with Crippen LogP contribution < -0.4 is 24.8 Å². The summed E-state index contributed by atoms with van der Waals surface area (Å²) in [5, 5.41) is 0. The molecule has 0 aromatic heterocycles. The molecule has 3 aromatic carbocycles. The summed E-state index contributed by atoms with van der Waals surface area (Å²) < 4.78 is 0. The molecule has 182 valence electrons. The molecule has 0 unspecified atom stereocenters. The Hall–Kier alpha value is -1.02. The van der Waals surface area contributed by atoms with Crippen LogP contribution in [0.3, 0.4) is 0 Å². The third kappa shape index (κ3) is 8.28. The zero-order valence-electron chi connectivity index (χ0n) is 22.4. The van der Waals surface area contributed by atoms with Crippen LogP contribution in [-0.4, -0.2) is 0 Å². The van der Waals surface area contributed by atoms with Crippen LogP contribution in [0.25, 0.3) is 11.1 Å². The SMILES string of the molecule is C=C.Cc1[c-]c2c(cc1C(C)(C)C)-c1cc(C(C)(C)C)c(C)cc1C2.Cc1cc[cH-]c1.[Cl-].[Cl-].[Hf+4]. The molecule has 0 aliphatic heterocycles. The molecule has 3 aromatic rings. The first kappa shape index (κ1) is 35.1. The van der Waals surface area contributed by atoms with Gasteiger partial charge >= 0.3 is 25.8 Å². The Labute approximate surface area is 240 Å². The van der Waals surface area contributed by atoms with Crippen LogP contribution in [0.2, 0.25) is 0 Å². The van der Waals surface area contributed by atoms with Crippen molar-refractivity contribution in [1.29, 1.82) is 0 Å². The van der Waals surface area contributed by atoms with Gasteiger partial charge in [0.1, 0.15) is 0 Å². The van der Waals surface area contributed by atoms with Crippen LogP contribution in [0.1, 0.15) is 80.5 Å². The molecule has 1 aliphatic rings. The van der Waals surface area contributed by atoms with Gasteiger partial charge < -0.3 is 24.8 Å². The molecule has 4 rings (SSSR count). The Bertz CT molecular complexity index is 965. The van der Waals surface area contributed by atoms with Gasteiger partial charge in [-0.3, -0.25) is 0 Å². The third-order valence-electron chi connectivity index (χ3n) is 5.91. The zero-order valence-corrected chi connectivity index (χ0v) is 27.5. The topological polar surface area (TPSA) is 0 Å². The molecule has 0 saturated carbocycles. The van der Waals surface area contributed by atoms with Gasteiger partial charge in [0.15, 0.2) is 0 Å². The molecular weight excluding hydrogens is 622 g/mol. The van der Waals surface area contributed by atoms with Gasteiger partial charge in [0.25, 0.3) is 0 Å². The van der Waals surface area contributed by atoms with E-state index in [2.05, 4.69) is 112 Å². The van der Waals surface area contributed by atoms with E-state index in [0.29, 0.717) is 0 Å². The molecule has 0 heterocycles. The molecule has 1 aliphatic carbocycles. The fourth-order valence-electron chi connectivity index (χ4n) is 4.49. The zero-order chi connectivity index (χ0) is 23.6. The number of benzene rings is 2. The fourth-order valence-corrected chi connectivity index (χ4v) is 4.49. The summed E-state index contributed by atoms with van der Waals surface area (Å²) in [4.78, 5) is 0. The van der Waals surface area contributed by atoms with Crippen molar-refractivity contribution < 1.29 is 50.7 Å². The van der Waals surface area contributed by atoms with E-state index in [4.69, 9.17) is 0 Å². The van der Waals surface area contributed by atoms with Crippen molar-refractivity contribution in [3.05, 3.63) is 101 Å². The van der Waals surface area contributed by atoms with Crippen molar-refractivity contribution in [2.45, 2.75) is 79.6 Å². The van der Waals surface area contributed by atoms with Crippen molar-refractivity contribution in [2.24, 2.45) is 0 Å². The van der Waals surface area contributed by atoms with E-state index < -0.39 is 0 Å². The van der Waals surface area contributed by atoms with Gasteiger partial charge in [-0.1, -0.05) is 78.5 Å². The van der Waals surface area contributed by atoms with Gasteiger partial charge in [0.2, 0.25) is 0 Å². The van der Waals surface area contributed by atoms with Crippen LogP contribution in [-0.2, 0) is 43.1 Å². The summed E-state index contributed by atoms with van der Waals surface area (Å²) in [7, 11) is 0. The minimum absolute atomic E-state index is 0. The summed E-state index contributed by atoms with van der Waals surface area (Å²) in [6, 6.07) is 19.2. The Kier molecular flexibility index (Phi) is 14.4. The Morgan fingerprint density at radius 1 is 0.824 bits per heavy atom. The third-order valence-corrected chi connectivity index (χ3v) is 5.91. The molecule has 0 saturated heterocycles. The average Bonchev–Trinajstić information content (AvgIpc) is 3.26. The first-order chi connectivity index (χ1) is 14.4. The molecule has 0 N–H and O–H groups in total. The predicted molar refractivity (Wildman–Crippen MR) is 138 cm³/mol. The van der Waals surface area contributed by atoms with E-state index >= 15 is 0 Å². The molecule has 0 spiro atoms. The van der Waals surface area contributed by atoms with Crippen LogP contribution >= 0.6 is 0 Å². The van der Waals surface area contributed by atoms with Gasteiger partial charge in [-0.05, 0) is 35.4 Å². The van der Waals surface area contributed by atoms with E-state index in [1.807, 2.05) is 12.1 Å². The van der Waals surface area contributed by atoms with Crippen LogP contribution in [0.4, 0.5) is 0 Å². The van der Waals surface area contributed by atoms with Gasteiger partial charge in [-0.15, -0.1) is 29.8 Å². The normalized spacial score (nSPS) is 11.1. The van der Waals surface area contributed by atoms with Crippen molar-refractivity contribution in [1.82, 2.24) is 0 Å². The molecule has 0 atom stereocenters. The summed E-state index contributed by atoms with van der Waals surface area (Å²) in [6.07, 6.45) is 1.03. The van der Waals surface area contributed by atoms with Crippen LogP contribution in [0.15, 0.2) is 55.6 Å². The van der Waals surface area contributed by atoms with Crippen molar-refractivity contribution in [3.63, 3.8) is 0 Å². The minimum Gasteiger partial charge on any atom is -1.00 e. The molecule has 0 amide bonds. The molecular formula is C31H40Cl2Hf. The summed E-state index contributed by atoms with van der Waals surface area (Å²) in [5.41, 5.74) is 13.0. The maximum Gasteiger partial charge on any atom is 4.00 e. The van der Waals surface area contributed by atoms with E-state index in [0.717, 1.165) is 6.42 Å². The standard InChI is InChI=1S/C23H29.C6H7.C2H4.2ClH.Hf/c1-14-9-16-11-17-10-15(2)21(23(6,7)8)13-19(17)18(16)12-20(14)22(3,4)5;1-6-4-2-3-5-6;1-2;;;/h9,12-13H,11H2,1-8H3;2-5H,1H3;1-2H2;2*1H;/q2*-1;;;;+4/p-2. The average molecular weight is 662 g/mol. The largest absolute Gasteiger partial charge is 4.00 e. The molecule has 34 heavy (non-hydrogen) atoms. The quantitative estimate of drug-likeness (QED) is 0.155. The molecule has 0 bridgehead atoms. The molecule has 3 heteroatoms. The second-order valence-electron chi connectivity index (χ2n) is 10.7.